The molecule has 84 valence electrons. The fourth-order valence-electron chi connectivity index (χ4n) is 1.96. The first kappa shape index (κ1) is 11.0. The number of hydrogen-bond acceptors (Lipinski definition) is 2. The molecular formula is C11H17ClN2O. The van der Waals surface area contributed by atoms with Crippen LogP contribution in [-0.2, 0) is 11.2 Å². The van der Waals surface area contributed by atoms with Gasteiger partial charge in [-0.05, 0) is 25.7 Å². The maximum atomic E-state index is 6.24. The minimum absolute atomic E-state index is 0.167. The minimum Gasteiger partial charge on any atom is -0.378 e. The molecule has 2 unspecified atom stereocenters. The number of aromatic amines is 1. The normalized spacial score (nSPS) is 23.1. The van der Waals surface area contributed by atoms with Crippen molar-refractivity contribution < 1.29 is 4.74 Å². The maximum Gasteiger partial charge on any atom is 0.107 e. The smallest absolute Gasteiger partial charge is 0.107 e. The lowest BCUT2D eigenvalue weighted by Gasteiger charge is -2.11. The SMILES string of the molecule is ClC(CCC1CCCO1)Cc1ncc[nH]1. The van der Waals surface area contributed by atoms with E-state index < -0.39 is 0 Å². The molecule has 1 aromatic rings. The molecule has 1 N–H and O–H groups in total. The summed E-state index contributed by atoms with van der Waals surface area (Å²) >= 11 is 6.24. The summed E-state index contributed by atoms with van der Waals surface area (Å²) in [7, 11) is 0. The van der Waals surface area contributed by atoms with Crippen molar-refractivity contribution >= 4 is 11.6 Å². The molecule has 2 rings (SSSR count). The molecule has 1 aliphatic heterocycles. The van der Waals surface area contributed by atoms with E-state index in [9.17, 15) is 0 Å². The summed E-state index contributed by atoms with van der Waals surface area (Å²) in [6, 6.07) is 0. The third-order valence-electron chi connectivity index (χ3n) is 2.80. The first-order valence-corrected chi connectivity index (χ1v) is 6.02. The molecule has 2 heterocycles. The van der Waals surface area contributed by atoms with E-state index >= 15 is 0 Å². The Morgan fingerprint density at radius 3 is 3.27 bits per heavy atom. The quantitative estimate of drug-likeness (QED) is 0.787. The summed E-state index contributed by atoms with van der Waals surface area (Å²) < 4.78 is 5.56. The highest BCUT2D eigenvalue weighted by Gasteiger charge is 2.17. The summed E-state index contributed by atoms with van der Waals surface area (Å²) in [6.45, 7) is 0.926. The average Bonchev–Trinajstić information content (AvgIpc) is 2.86. The molecule has 0 bridgehead atoms. The second kappa shape index (κ2) is 5.52. The zero-order chi connectivity index (χ0) is 10.5. The number of aromatic nitrogens is 2. The van der Waals surface area contributed by atoms with E-state index in [0.717, 1.165) is 31.7 Å². The second-order valence-corrected chi connectivity index (χ2v) is 4.67. The number of alkyl halides is 1. The molecule has 0 aliphatic carbocycles. The zero-order valence-corrected chi connectivity index (χ0v) is 9.54. The number of nitrogens with one attached hydrogen (secondary N) is 1. The zero-order valence-electron chi connectivity index (χ0n) is 8.79. The van der Waals surface area contributed by atoms with Crippen LogP contribution in [0.1, 0.15) is 31.5 Å². The van der Waals surface area contributed by atoms with Gasteiger partial charge < -0.3 is 9.72 Å². The molecule has 1 fully saturated rings. The van der Waals surface area contributed by atoms with E-state index in [1.54, 1.807) is 6.20 Å². The molecule has 2 atom stereocenters. The van der Waals surface area contributed by atoms with Gasteiger partial charge in [0, 0.05) is 30.8 Å². The van der Waals surface area contributed by atoms with E-state index in [0.29, 0.717) is 6.10 Å². The number of rotatable bonds is 5. The van der Waals surface area contributed by atoms with Gasteiger partial charge in [0.05, 0.1) is 6.10 Å². The van der Waals surface area contributed by atoms with E-state index in [1.165, 1.54) is 12.8 Å². The Balaban J connectivity index is 1.66. The summed E-state index contributed by atoms with van der Waals surface area (Å²) in [4.78, 5) is 7.23. The van der Waals surface area contributed by atoms with Crippen molar-refractivity contribution in [2.45, 2.75) is 43.6 Å². The molecule has 0 amide bonds. The Morgan fingerprint density at radius 2 is 2.60 bits per heavy atom. The third kappa shape index (κ3) is 3.50. The van der Waals surface area contributed by atoms with Crippen LogP contribution in [0.2, 0.25) is 0 Å². The van der Waals surface area contributed by atoms with E-state index in [-0.39, 0.29) is 5.38 Å². The van der Waals surface area contributed by atoms with Crippen LogP contribution in [-0.4, -0.2) is 28.1 Å². The van der Waals surface area contributed by atoms with Crippen molar-refractivity contribution in [2.24, 2.45) is 0 Å². The highest BCUT2D eigenvalue weighted by molar-refractivity contribution is 6.20. The van der Waals surface area contributed by atoms with Crippen molar-refractivity contribution in [3.05, 3.63) is 18.2 Å². The highest BCUT2D eigenvalue weighted by atomic mass is 35.5. The molecule has 0 radical (unpaired) electrons. The molecular weight excluding hydrogens is 212 g/mol. The predicted octanol–water partition coefficient (Wildman–Crippen LogP) is 2.52. The number of hydrogen-bond donors (Lipinski definition) is 1. The Morgan fingerprint density at radius 1 is 1.67 bits per heavy atom. The van der Waals surface area contributed by atoms with Crippen LogP contribution in [0.5, 0.6) is 0 Å². The second-order valence-electron chi connectivity index (χ2n) is 4.05. The summed E-state index contributed by atoms with van der Waals surface area (Å²) in [6.07, 6.45) is 9.35. The van der Waals surface area contributed by atoms with Crippen molar-refractivity contribution in [2.75, 3.05) is 6.61 Å². The van der Waals surface area contributed by atoms with Crippen LogP contribution in [0.4, 0.5) is 0 Å². The van der Waals surface area contributed by atoms with Crippen molar-refractivity contribution in [1.29, 1.82) is 0 Å². The lowest BCUT2D eigenvalue weighted by Crippen LogP contribution is -2.11. The van der Waals surface area contributed by atoms with Crippen LogP contribution < -0.4 is 0 Å². The van der Waals surface area contributed by atoms with Gasteiger partial charge >= 0.3 is 0 Å². The van der Waals surface area contributed by atoms with Crippen LogP contribution >= 0.6 is 11.6 Å². The molecule has 1 saturated heterocycles. The molecule has 15 heavy (non-hydrogen) atoms. The molecule has 1 aromatic heterocycles. The molecule has 0 saturated carbocycles. The number of nitrogens with zero attached hydrogens (tertiary/aromatic N) is 1. The van der Waals surface area contributed by atoms with Gasteiger partial charge in [-0.3, -0.25) is 0 Å². The number of H-pyrrole nitrogens is 1. The van der Waals surface area contributed by atoms with Gasteiger partial charge in [-0.25, -0.2) is 4.98 Å². The molecule has 1 aliphatic rings. The lowest BCUT2D eigenvalue weighted by molar-refractivity contribution is 0.102. The van der Waals surface area contributed by atoms with Gasteiger partial charge in [0.2, 0.25) is 0 Å². The summed E-state index contributed by atoms with van der Waals surface area (Å²) in [5, 5.41) is 0.167. The topological polar surface area (TPSA) is 37.9 Å². The van der Waals surface area contributed by atoms with E-state index in [2.05, 4.69) is 9.97 Å². The van der Waals surface area contributed by atoms with Gasteiger partial charge in [-0.1, -0.05) is 0 Å². The molecule has 3 nitrogen and oxygen atoms in total. The van der Waals surface area contributed by atoms with Gasteiger partial charge in [0.25, 0.3) is 0 Å². The number of imidazole rings is 1. The average molecular weight is 229 g/mol. The van der Waals surface area contributed by atoms with E-state index in [1.807, 2.05) is 6.20 Å². The number of ether oxygens (including phenoxy) is 1. The molecule has 0 aromatic carbocycles. The predicted molar refractivity (Wildman–Crippen MR) is 60.1 cm³/mol. The van der Waals surface area contributed by atoms with Gasteiger partial charge in [0.1, 0.15) is 5.82 Å². The Hall–Kier alpha value is -0.540. The van der Waals surface area contributed by atoms with E-state index in [4.69, 9.17) is 16.3 Å². The van der Waals surface area contributed by atoms with Crippen LogP contribution in [0.3, 0.4) is 0 Å². The first-order chi connectivity index (χ1) is 7.34. The third-order valence-corrected chi connectivity index (χ3v) is 3.17. The van der Waals surface area contributed by atoms with Gasteiger partial charge in [-0.15, -0.1) is 11.6 Å². The number of halogens is 1. The van der Waals surface area contributed by atoms with Crippen molar-refractivity contribution in [3.63, 3.8) is 0 Å². The summed E-state index contributed by atoms with van der Waals surface area (Å²) in [5.41, 5.74) is 0. The van der Waals surface area contributed by atoms with Gasteiger partial charge in [-0.2, -0.15) is 0 Å². The maximum absolute atomic E-state index is 6.24. The molecule has 0 spiro atoms. The largest absolute Gasteiger partial charge is 0.378 e. The molecule has 4 heteroatoms. The van der Waals surface area contributed by atoms with Crippen molar-refractivity contribution in [1.82, 2.24) is 9.97 Å². The summed E-state index contributed by atoms with van der Waals surface area (Å²) in [5.74, 6) is 0.974. The van der Waals surface area contributed by atoms with Crippen LogP contribution in [0.15, 0.2) is 12.4 Å². The minimum atomic E-state index is 0.167. The fourth-order valence-corrected chi connectivity index (χ4v) is 2.23. The standard InChI is InChI=1S/C11H17ClN2O/c12-9(8-11-13-5-6-14-11)3-4-10-2-1-7-15-10/h5-6,9-10H,1-4,7-8H2,(H,13,14). The Bertz CT molecular complexity index is 270. The Labute approximate surface area is 95.2 Å². The van der Waals surface area contributed by atoms with Gasteiger partial charge in [0.15, 0.2) is 0 Å². The van der Waals surface area contributed by atoms with Crippen LogP contribution in [0, 0.1) is 0 Å². The van der Waals surface area contributed by atoms with Crippen LogP contribution in [0.25, 0.3) is 0 Å². The highest BCUT2D eigenvalue weighted by Crippen LogP contribution is 2.20. The monoisotopic (exact) mass is 228 g/mol. The fraction of sp³-hybridized carbons (Fsp3) is 0.727. The first-order valence-electron chi connectivity index (χ1n) is 5.58. The van der Waals surface area contributed by atoms with Crippen molar-refractivity contribution in [3.8, 4) is 0 Å². The lowest BCUT2D eigenvalue weighted by atomic mass is 10.1. The Kier molecular flexibility index (Phi) is 4.03.